The van der Waals surface area contributed by atoms with Gasteiger partial charge in [-0.05, 0) is 47.9 Å². The summed E-state index contributed by atoms with van der Waals surface area (Å²) < 4.78 is 37.7. The molecule has 0 atom stereocenters. The number of hydrogen-bond acceptors (Lipinski definition) is 7. The number of amides is 1. The van der Waals surface area contributed by atoms with Crippen molar-refractivity contribution in [3.05, 3.63) is 45.8 Å². The fraction of sp³-hybridized carbons (Fsp3) is 0.455. The number of aryl methyl sites for hydroxylation is 1. The number of anilines is 1. The molecule has 1 fully saturated rings. The first-order valence-corrected chi connectivity index (χ1v) is 12.7. The standard InChI is InChI=1S/C22H28N2O6S2/c1-14(2)11-17-13-31-21(19(17)22(26)29-4)23-20(25)16-6-5-15(3)18(12-16)32(27,28)24-7-9-30-10-8-24/h5-6,12-14H,7-11H2,1-4H3,(H,23,25). The first-order chi connectivity index (χ1) is 15.1. The number of benzene rings is 1. The molecule has 1 aromatic heterocycles. The lowest BCUT2D eigenvalue weighted by molar-refractivity contribution is 0.0601. The van der Waals surface area contributed by atoms with Crippen LogP contribution in [0.25, 0.3) is 0 Å². The maximum Gasteiger partial charge on any atom is 0.341 e. The summed E-state index contributed by atoms with van der Waals surface area (Å²) in [5, 5.41) is 4.99. The summed E-state index contributed by atoms with van der Waals surface area (Å²) >= 11 is 1.25. The molecule has 0 saturated carbocycles. The van der Waals surface area contributed by atoms with Crippen LogP contribution < -0.4 is 5.32 Å². The van der Waals surface area contributed by atoms with Gasteiger partial charge in [0.05, 0.1) is 30.8 Å². The molecular formula is C22H28N2O6S2. The maximum absolute atomic E-state index is 13.1. The molecule has 174 valence electrons. The predicted molar refractivity (Wildman–Crippen MR) is 123 cm³/mol. The molecule has 8 nitrogen and oxygen atoms in total. The number of carbonyl (C=O) groups excluding carboxylic acids is 2. The zero-order valence-corrected chi connectivity index (χ0v) is 20.3. The van der Waals surface area contributed by atoms with E-state index in [2.05, 4.69) is 5.32 Å². The van der Waals surface area contributed by atoms with Crippen LogP contribution >= 0.6 is 11.3 Å². The van der Waals surface area contributed by atoms with E-state index in [-0.39, 0.29) is 23.5 Å². The van der Waals surface area contributed by atoms with Crippen LogP contribution in [-0.2, 0) is 25.9 Å². The number of thiophene rings is 1. The summed E-state index contributed by atoms with van der Waals surface area (Å²) in [6.07, 6.45) is 0.670. The van der Waals surface area contributed by atoms with E-state index in [1.807, 2.05) is 19.2 Å². The number of rotatable bonds is 7. The lowest BCUT2D eigenvalue weighted by atomic mass is 10.0. The van der Waals surface area contributed by atoms with Gasteiger partial charge in [-0.3, -0.25) is 4.79 Å². The molecule has 0 unspecified atom stereocenters. The van der Waals surface area contributed by atoms with Crippen LogP contribution in [0.1, 0.15) is 45.7 Å². The second kappa shape index (κ2) is 10.1. The number of methoxy groups -OCH3 is 1. The monoisotopic (exact) mass is 480 g/mol. The average Bonchev–Trinajstić information content (AvgIpc) is 3.15. The van der Waals surface area contributed by atoms with Crippen LogP contribution in [0.5, 0.6) is 0 Å². The summed E-state index contributed by atoms with van der Waals surface area (Å²) in [4.78, 5) is 25.4. The minimum absolute atomic E-state index is 0.0897. The van der Waals surface area contributed by atoms with E-state index in [0.29, 0.717) is 41.7 Å². The Morgan fingerprint density at radius 3 is 2.56 bits per heavy atom. The number of ether oxygens (including phenoxy) is 2. The van der Waals surface area contributed by atoms with Crippen LogP contribution in [0.2, 0.25) is 0 Å². The molecule has 1 aromatic carbocycles. The summed E-state index contributed by atoms with van der Waals surface area (Å²) in [7, 11) is -2.46. The lowest BCUT2D eigenvalue weighted by Gasteiger charge is -2.26. The van der Waals surface area contributed by atoms with E-state index in [1.165, 1.54) is 28.8 Å². The smallest absolute Gasteiger partial charge is 0.341 e. The maximum atomic E-state index is 13.1. The second-order valence-corrected chi connectivity index (χ2v) is 10.8. The van der Waals surface area contributed by atoms with Gasteiger partial charge in [0.25, 0.3) is 5.91 Å². The molecule has 1 aliphatic heterocycles. The van der Waals surface area contributed by atoms with Crippen LogP contribution in [0.15, 0.2) is 28.5 Å². The fourth-order valence-electron chi connectivity index (χ4n) is 3.52. The first kappa shape index (κ1) is 24.4. The number of sulfonamides is 1. The minimum atomic E-state index is -3.75. The highest BCUT2D eigenvalue weighted by Gasteiger charge is 2.29. The van der Waals surface area contributed by atoms with Gasteiger partial charge in [0.1, 0.15) is 5.00 Å². The van der Waals surface area contributed by atoms with Gasteiger partial charge < -0.3 is 14.8 Å². The Hall–Kier alpha value is -2.27. The number of nitrogens with one attached hydrogen (secondary N) is 1. The molecule has 2 heterocycles. The zero-order valence-electron chi connectivity index (χ0n) is 18.6. The van der Waals surface area contributed by atoms with Crippen LogP contribution in [-0.4, -0.2) is 58.0 Å². The largest absolute Gasteiger partial charge is 0.465 e. The van der Waals surface area contributed by atoms with Crippen molar-refractivity contribution in [1.29, 1.82) is 0 Å². The molecule has 1 N–H and O–H groups in total. The van der Waals surface area contributed by atoms with Crippen molar-refractivity contribution in [3.8, 4) is 0 Å². The zero-order chi connectivity index (χ0) is 23.5. The topological polar surface area (TPSA) is 102 Å². The van der Waals surface area contributed by atoms with Crippen molar-refractivity contribution in [3.63, 3.8) is 0 Å². The Morgan fingerprint density at radius 2 is 1.94 bits per heavy atom. The van der Waals surface area contributed by atoms with Gasteiger partial charge in [0.15, 0.2) is 0 Å². The Morgan fingerprint density at radius 1 is 1.25 bits per heavy atom. The Balaban J connectivity index is 1.90. The third-order valence-electron chi connectivity index (χ3n) is 5.15. The molecule has 1 saturated heterocycles. The van der Waals surface area contributed by atoms with E-state index >= 15 is 0 Å². The molecule has 10 heteroatoms. The quantitative estimate of drug-likeness (QED) is 0.610. The molecule has 0 radical (unpaired) electrons. The normalized spacial score (nSPS) is 15.0. The fourth-order valence-corrected chi connectivity index (χ4v) is 6.14. The molecule has 0 bridgehead atoms. The molecular weight excluding hydrogens is 452 g/mol. The van der Waals surface area contributed by atoms with Gasteiger partial charge in [0, 0.05) is 18.7 Å². The summed E-state index contributed by atoms with van der Waals surface area (Å²) in [5.74, 6) is -0.690. The summed E-state index contributed by atoms with van der Waals surface area (Å²) in [6, 6.07) is 4.57. The first-order valence-electron chi connectivity index (χ1n) is 10.3. The van der Waals surface area contributed by atoms with E-state index in [1.54, 1.807) is 19.1 Å². The predicted octanol–water partition coefficient (Wildman–Crippen LogP) is 3.31. The van der Waals surface area contributed by atoms with E-state index in [4.69, 9.17) is 9.47 Å². The van der Waals surface area contributed by atoms with Crippen molar-refractivity contribution in [1.82, 2.24) is 4.31 Å². The van der Waals surface area contributed by atoms with Gasteiger partial charge in [0.2, 0.25) is 10.0 Å². The van der Waals surface area contributed by atoms with Gasteiger partial charge in [-0.1, -0.05) is 19.9 Å². The Bertz CT molecular complexity index is 1100. The number of morpholine rings is 1. The number of nitrogens with zero attached hydrogens (tertiary/aromatic N) is 1. The van der Waals surface area contributed by atoms with Gasteiger partial charge in [-0.25, -0.2) is 13.2 Å². The Kier molecular flexibility index (Phi) is 7.71. The SMILES string of the molecule is COC(=O)c1c(CC(C)C)csc1NC(=O)c1ccc(C)c(S(=O)(=O)N2CCOCC2)c1. The van der Waals surface area contributed by atoms with Gasteiger partial charge in [-0.15, -0.1) is 11.3 Å². The van der Waals surface area contributed by atoms with Crippen molar-refractivity contribution in [2.45, 2.75) is 32.1 Å². The summed E-state index contributed by atoms with van der Waals surface area (Å²) in [6.45, 7) is 7.00. The number of esters is 1. The molecule has 1 aliphatic rings. The second-order valence-electron chi connectivity index (χ2n) is 8.01. The molecule has 32 heavy (non-hydrogen) atoms. The number of hydrogen-bond donors (Lipinski definition) is 1. The van der Waals surface area contributed by atoms with Gasteiger partial charge in [-0.2, -0.15) is 4.31 Å². The summed E-state index contributed by atoms with van der Waals surface area (Å²) in [5.41, 5.74) is 1.90. The van der Waals surface area contributed by atoms with E-state index in [9.17, 15) is 18.0 Å². The highest BCUT2D eigenvalue weighted by molar-refractivity contribution is 7.89. The Labute approximate surface area is 192 Å². The molecule has 0 aliphatic carbocycles. The van der Waals surface area contributed by atoms with E-state index in [0.717, 1.165) is 5.56 Å². The van der Waals surface area contributed by atoms with Gasteiger partial charge >= 0.3 is 5.97 Å². The number of carbonyl (C=O) groups is 2. The molecule has 2 aromatic rings. The highest BCUT2D eigenvalue weighted by Crippen LogP contribution is 2.31. The van der Waals surface area contributed by atoms with Crippen LogP contribution in [0.4, 0.5) is 5.00 Å². The minimum Gasteiger partial charge on any atom is -0.465 e. The van der Waals surface area contributed by atoms with Crippen molar-refractivity contribution in [2.24, 2.45) is 5.92 Å². The lowest BCUT2D eigenvalue weighted by Crippen LogP contribution is -2.40. The van der Waals surface area contributed by atoms with Crippen molar-refractivity contribution >= 4 is 38.2 Å². The molecule has 0 spiro atoms. The van der Waals surface area contributed by atoms with E-state index < -0.39 is 21.9 Å². The average molecular weight is 481 g/mol. The highest BCUT2D eigenvalue weighted by atomic mass is 32.2. The van der Waals surface area contributed by atoms with Crippen molar-refractivity contribution in [2.75, 3.05) is 38.7 Å². The third kappa shape index (κ3) is 5.20. The molecule has 1 amide bonds. The van der Waals surface area contributed by atoms with Crippen LogP contribution in [0, 0.1) is 12.8 Å². The molecule has 3 rings (SSSR count). The third-order valence-corrected chi connectivity index (χ3v) is 8.14. The van der Waals surface area contributed by atoms with Crippen LogP contribution in [0.3, 0.4) is 0 Å². The van der Waals surface area contributed by atoms with Crippen molar-refractivity contribution < 1.29 is 27.5 Å².